The average molecular weight is 423 g/mol. The molecular formula is C19H20BrFN2O3. The van der Waals surface area contributed by atoms with Gasteiger partial charge in [-0.2, -0.15) is 0 Å². The van der Waals surface area contributed by atoms with Gasteiger partial charge >= 0.3 is 0 Å². The van der Waals surface area contributed by atoms with Crippen molar-refractivity contribution in [2.75, 3.05) is 13.1 Å². The number of carbonyl (C=O) groups excluding carboxylic acids is 2. The first-order chi connectivity index (χ1) is 12.5. The van der Waals surface area contributed by atoms with Crippen molar-refractivity contribution in [3.8, 4) is 5.75 Å². The molecule has 0 bridgehead atoms. The summed E-state index contributed by atoms with van der Waals surface area (Å²) < 4.78 is 14.3. The summed E-state index contributed by atoms with van der Waals surface area (Å²) in [6.45, 7) is 0.818. The Hall–Kier alpha value is -2.41. The van der Waals surface area contributed by atoms with Gasteiger partial charge < -0.3 is 15.7 Å². The lowest BCUT2D eigenvalue weighted by atomic mass is 10.1. The fourth-order valence-corrected chi connectivity index (χ4v) is 2.66. The number of amides is 2. The van der Waals surface area contributed by atoms with Crippen molar-refractivity contribution in [1.29, 1.82) is 0 Å². The molecule has 0 fully saturated rings. The third-order valence-electron chi connectivity index (χ3n) is 3.71. The maximum absolute atomic E-state index is 13.7. The van der Waals surface area contributed by atoms with Crippen molar-refractivity contribution in [2.24, 2.45) is 0 Å². The summed E-state index contributed by atoms with van der Waals surface area (Å²) in [5, 5.41) is 14.8. The molecule has 5 nitrogen and oxygen atoms in total. The quantitative estimate of drug-likeness (QED) is 0.571. The minimum Gasteiger partial charge on any atom is -0.508 e. The smallest absolute Gasteiger partial charge is 0.251 e. The molecule has 0 aliphatic carbocycles. The summed E-state index contributed by atoms with van der Waals surface area (Å²) >= 11 is 3.19. The molecule has 2 aromatic carbocycles. The van der Waals surface area contributed by atoms with Gasteiger partial charge in [0.15, 0.2) is 0 Å². The standard InChI is InChI=1S/C19H20BrFN2O3/c20-15-7-5-13(17(21)12-15)6-8-18(25)22-9-2-10-23-19(26)14-3-1-4-16(24)11-14/h1,3-5,7,11-12,24H,2,6,8-10H2,(H,22,25)(H,23,26). The number of carbonyl (C=O) groups is 2. The highest BCUT2D eigenvalue weighted by molar-refractivity contribution is 9.10. The Labute approximate surface area is 159 Å². The highest BCUT2D eigenvalue weighted by Crippen LogP contribution is 2.16. The van der Waals surface area contributed by atoms with E-state index in [1.807, 2.05) is 0 Å². The van der Waals surface area contributed by atoms with E-state index in [0.29, 0.717) is 41.5 Å². The minimum atomic E-state index is -0.332. The van der Waals surface area contributed by atoms with Gasteiger partial charge in [0.25, 0.3) is 5.91 Å². The van der Waals surface area contributed by atoms with E-state index in [-0.39, 0.29) is 29.8 Å². The number of phenols is 1. The second kappa shape index (κ2) is 9.91. The van der Waals surface area contributed by atoms with Gasteiger partial charge in [0.05, 0.1) is 0 Å². The van der Waals surface area contributed by atoms with Crippen molar-refractivity contribution in [3.05, 3.63) is 63.9 Å². The monoisotopic (exact) mass is 422 g/mol. The molecule has 0 heterocycles. The number of aryl methyl sites for hydroxylation is 1. The first kappa shape index (κ1) is 19.9. The lowest BCUT2D eigenvalue weighted by Gasteiger charge is -2.08. The number of aromatic hydroxyl groups is 1. The number of phenolic OH excluding ortho intramolecular Hbond substituents is 1. The van der Waals surface area contributed by atoms with Crippen LogP contribution in [-0.4, -0.2) is 30.0 Å². The van der Waals surface area contributed by atoms with Gasteiger partial charge in [-0.05, 0) is 48.7 Å². The molecule has 0 saturated heterocycles. The highest BCUT2D eigenvalue weighted by atomic mass is 79.9. The summed E-state index contributed by atoms with van der Waals surface area (Å²) in [4.78, 5) is 23.7. The summed E-state index contributed by atoms with van der Waals surface area (Å²) in [6.07, 6.45) is 1.11. The molecule has 0 spiro atoms. The molecule has 7 heteroatoms. The molecule has 0 aromatic heterocycles. The van der Waals surface area contributed by atoms with Crippen molar-refractivity contribution < 1.29 is 19.1 Å². The number of hydrogen-bond acceptors (Lipinski definition) is 3. The second-order valence-corrected chi connectivity index (χ2v) is 6.66. The van der Waals surface area contributed by atoms with Gasteiger partial charge in [0, 0.05) is 29.5 Å². The normalized spacial score (nSPS) is 10.4. The zero-order valence-electron chi connectivity index (χ0n) is 14.1. The Morgan fingerprint density at radius 3 is 2.58 bits per heavy atom. The topological polar surface area (TPSA) is 78.4 Å². The summed E-state index contributed by atoms with van der Waals surface area (Å²) in [5.74, 6) is -0.737. The Kier molecular flexibility index (Phi) is 7.59. The van der Waals surface area contributed by atoms with Gasteiger partial charge in [-0.3, -0.25) is 9.59 Å². The zero-order chi connectivity index (χ0) is 18.9. The molecule has 0 saturated carbocycles. The molecule has 0 aliphatic heterocycles. The number of benzene rings is 2. The lowest BCUT2D eigenvalue weighted by Crippen LogP contribution is -2.30. The van der Waals surface area contributed by atoms with E-state index in [9.17, 15) is 19.1 Å². The van der Waals surface area contributed by atoms with E-state index in [1.165, 1.54) is 18.2 Å². The van der Waals surface area contributed by atoms with Crippen LogP contribution < -0.4 is 10.6 Å². The fraction of sp³-hybridized carbons (Fsp3) is 0.263. The van der Waals surface area contributed by atoms with Crippen LogP contribution in [0.15, 0.2) is 46.9 Å². The van der Waals surface area contributed by atoms with Gasteiger partial charge in [-0.1, -0.05) is 28.1 Å². The predicted octanol–water partition coefficient (Wildman–Crippen LogP) is 3.16. The Balaban J connectivity index is 1.62. The van der Waals surface area contributed by atoms with Gasteiger partial charge in [-0.25, -0.2) is 4.39 Å². The maximum atomic E-state index is 13.7. The minimum absolute atomic E-state index is 0.0344. The van der Waals surface area contributed by atoms with Crippen LogP contribution in [0.5, 0.6) is 5.75 Å². The zero-order valence-corrected chi connectivity index (χ0v) is 15.7. The number of nitrogens with one attached hydrogen (secondary N) is 2. The van der Waals surface area contributed by atoms with Crippen molar-refractivity contribution in [3.63, 3.8) is 0 Å². The molecule has 0 atom stereocenters. The fourth-order valence-electron chi connectivity index (χ4n) is 2.33. The Morgan fingerprint density at radius 2 is 1.85 bits per heavy atom. The number of hydrogen-bond donors (Lipinski definition) is 3. The molecule has 0 unspecified atom stereocenters. The van der Waals surface area contributed by atoms with Crippen molar-refractivity contribution in [1.82, 2.24) is 10.6 Å². The number of rotatable bonds is 8. The van der Waals surface area contributed by atoms with E-state index in [0.717, 1.165) is 0 Å². The van der Waals surface area contributed by atoms with Crippen LogP contribution in [-0.2, 0) is 11.2 Å². The van der Waals surface area contributed by atoms with E-state index in [2.05, 4.69) is 26.6 Å². The predicted molar refractivity (Wildman–Crippen MR) is 100 cm³/mol. The Bertz CT molecular complexity index is 783. The second-order valence-electron chi connectivity index (χ2n) is 5.75. The SMILES string of the molecule is O=C(CCc1ccc(Br)cc1F)NCCCNC(=O)c1cccc(O)c1. The van der Waals surface area contributed by atoms with Crippen LogP contribution in [0, 0.1) is 5.82 Å². The molecule has 2 aromatic rings. The molecule has 3 N–H and O–H groups in total. The van der Waals surface area contributed by atoms with Crippen LogP contribution in [0.25, 0.3) is 0 Å². The van der Waals surface area contributed by atoms with Crippen LogP contribution in [0.4, 0.5) is 4.39 Å². The first-order valence-electron chi connectivity index (χ1n) is 8.23. The van der Waals surface area contributed by atoms with Crippen molar-refractivity contribution >= 4 is 27.7 Å². The summed E-state index contributed by atoms with van der Waals surface area (Å²) in [6, 6.07) is 10.9. The number of halogens is 2. The van der Waals surface area contributed by atoms with Gasteiger partial charge in [-0.15, -0.1) is 0 Å². The summed E-state index contributed by atoms with van der Waals surface area (Å²) in [5.41, 5.74) is 0.882. The van der Waals surface area contributed by atoms with Crippen LogP contribution >= 0.6 is 15.9 Å². The van der Waals surface area contributed by atoms with Crippen LogP contribution in [0.1, 0.15) is 28.8 Å². The Morgan fingerprint density at radius 1 is 1.08 bits per heavy atom. The maximum Gasteiger partial charge on any atom is 0.251 e. The molecule has 2 rings (SSSR count). The first-order valence-corrected chi connectivity index (χ1v) is 9.03. The van der Waals surface area contributed by atoms with Crippen molar-refractivity contribution in [2.45, 2.75) is 19.3 Å². The molecule has 2 amide bonds. The molecular weight excluding hydrogens is 403 g/mol. The third kappa shape index (κ3) is 6.48. The van der Waals surface area contributed by atoms with E-state index >= 15 is 0 Å². The molecule has 138 valence electrons. The highest BCUT2D eigenvalue weighted by Gasteiger charge is 2.07. The molecule has 26 heavy (non-hydrogen) atoms. The van der Waals surface area contributed by atoms with Crippen LogP contribution in [0.3, 0.4) is 0 Å². The van der Waals surface area contributed by atoms with Gasteiger partial charge in [0.1, 0.15) is 11.6 Å². The average Bonchev–Trinajstić information content (AvgIpc) is 2.60. The lowest BCUT2D eigenvalue weighted by molar-refractivity contribution is -0.121. The molecule has 0 aliphatic rings. The van der Waals surface area contributed by atoms with E-state index in [1.54, 1.807) is 24.3 Å². The van der Waals surface area contributed by atoms with Crippen LogP contribution in [0.2, 0.25) is 0 Å². The molecule has 0 radical (unpaired) electrons. The van der Waals surface area contributed by atoms with E-state index in [4.69, 9.17) is 0 Å². The summed E-state index contributed by atoms with van der Waals surface area (Å²) in [7, 11) is 0. The van der Waals surface area contributed by atoms with E-state index < -0.39 is 0 Å². The largest absolute Gasteiger partial charge is 0.508 e. The van der Waals surface area contributed by atoms with Gasteiger partial charge in [0.2, 0.25) is 5.91 Å². The third-order valence-corrected chi connectivity index (χ3v) is 4.20.